The van der Waals surface area contributed by atoms with E-state index in [4.69, 9.17) is 10.00 Å². The zero-order valence-electron chi connectivity index (χ0n) is 19.5. The fourth-order valence-electron chi connectivity index (χ4n) is 4.04. The summed E-state index contributed by atoms with van der Waals surface area (Å²) in [6.45, 7) is 5.47. The SMILES string of the molecule is CC(C)(C)OC(=O)n1c(-c2ccc(-c3ccc4nc(C#N)cn4c3)cc2)cc2ccc(C#N)cc21. The van der Waals surface area contributed by atoms with Gasteiger partial charge in [-0.2, -0.15) is 10.5 Å². The summed E-state index contributed by atoms with van der Waals surface area (Å²) in [7, 11) is 0. The van der Waals surface area contributed by atoms with Gasteiger partial charge in [0, 0.05) is 17.8 Å². The van der Waals surface area contributed by atoms with Gasteiger partial charge in [0.1, 0.15) is 17.3 Å². The van der Waals surface area contributed by atoms with Crippen molar-refractivity contribution in [3.05, 3.63) is 84.3 Å². The van der Waals surface area contributed by atoms with Crippen LogP contribution in [0.25, 0.3) is 38.9 Å². The van der Waals surface area contributed by atoms with E-state index < -0.39 is 11.7 Å². The summed E-state index contributed by atoms with van der Waals surface area (Å²) >= 11 is 0. The van der Waals surface area contributed by atoms with Crippen molar-refractivity contribution in [2.45, 2.75) is 26.4 Å². The second-order valence-electron chi connectivity index (χ2n) is 9.23. The molecule has 5 rings (SSSR count). The third kappa shape index (κ3) is 4.12. The molecule has 0 aliphatic rings. The fourth-order valence-corrected chi connectivity index (χ4v) is 4.04. The Hall–Kier alpha value is -4.88. The molecule has 0 fully saturated rings. The molecule has 0 radical (unpaired) electrons. The Balaban J connectivity index is 1.58. The van der Waals surface area contributed by atoms with E-state index in [2.05, 4.69) is 17.1 Å². The molecular formula is C28H21N5O2. The normalized spacial score (nSPS) is 11.3. The minimum Gasteiger partial charge on any atom is -0.443 e. The number of hydrogen-bond acceptors (Lipinski definition) is 5. The van der Waals surface area contributed by atoms with Crippen LogP contribution in [-0.4, -0.2) is 25.6 Å². The molecule has 3 aromatic heterocycles. The van der Waals surface area contributed by atoms with E-state index in [9.17, 15) is 10.1 Å². The monoisotopic (exact) mass is 459 g/mol. The Morgan fingerprint density at radius 1 is 0.886 bits per heavy atom. The highest BCUT2D eigenvalue weighted by Crippen LogP contribution is 2.32. The molecule has 7 nitrogen and oxygen atoms in total. The lowest BCUT2D eigenvalue weighted by molar-refractivity contribution is 0.0547. The molecule has 0 saturated heterocycles. The second-order valence-corrected chi connectivity index (χ2v) is 9.23. The van der Waals surface area contributed by atoms with Gasteiger partial charge in [-0.25, -0.2) is 14.3 Å². The van der Waals surface area contributed by atoms with Gasteiger partial charge in [-0.3, -0.25) is 0 Å². The third-order valence-electron chi connectivity index (χ3n) is 5.59. The van der Waals surface area contributed by atoms with Crippen molar-refractivity contribution >= 4 is 22.6 Å². The van der Waals surface area contributed by atoms with Gasteiger partial charge in [0.05, 0.1) is 22.8 Å². The smallest absolute Gasteiger partial charge is 0.419 e. The van der Waals surface area contributed by atoms with Crippen LogP contribution in [0.3, 0.4) is 0 Å². The van der Waals surface area contributed by atoms with E-state index in [0.717, 1.165) is 22.1 Å². The van der Waals surface area contributed by atoms with Crippen molar-refractivity contribution in [2.24, 2.45) is 0 Å². The molecule has 35 heavy (non-hydrogen) atoms. The Morgan fingerprint density at radius 2 is 1.60 bits per heavy atom. The number of aromatic nitrogens is 3. The van der Waals surface area contributed by atoms with Crippen LogP contribution >= 0.6 is 0 Å². The Labute approximate surface area is 202 Å². The molecule has 5 aromatic rings. The van der Waals surface area contributed by atoms with Crippen molar-refractivity contribution in [1.29, 1.82) is 10.5 Å². The van der Waals surface area contributed by atoms with Crippen LogP contribution < -0.4 is 0 Å². The molecule has 170 valence electrons. The minimum atomic E-state index is -0.668. The molecule has 2 aromatic carbocycles. The highest BCUT2D eigenvalue weighted by molar-refractivity contribution is 5.97. The molecule has 3 heterocycles. The number of nitrogens with zero attached hydrogens (tertiary/aromatic N) is 5. The molecule has 0 unspecified atom stereocenters. The molecule has 0 amide bonds. The number of fused-ring (bicyclic) bond motifs is 2. The minimum absolute atomic E-state index is 0.368. The van der Waals surface area contributed by atoms with Gasteiger partial charge in [0.15, 0.2) is 5.69 Å². The molecule has 0 bridgehead atoms. The van der Waals surface area contributed by atoms with E-state index in [1.807, 2.05) is 79.9 Å². The number of nitriles is 2. The maximum atomic E-state index is 13.2. The second kappa shape index (κ2) is 8.16. The first-order valence-electron chi connectivity index (χ1n) is 11.0. The van der Waals surface area contributed by atoms with Crippen LogP contribution in [0.4, 0.5) is 4.79 Å². The first-order valence-corrected chi connectivity index (χ1v) is 11.0. The van der Waals surface area contributed by atoms with E-state index >= 15 is 0 Å². The molecule has 0 saturated carbocycles. The zero-order chi connectivity index (χ0) is 24.7. The molecule has 0 aliphatic heterocycles. The van der Waals surface area contributed by atoms with Crippen molar-refractivity contribution in [3.8, 4) is 34.5 Å². The highest BCUT2D eigenvalue weighted by Gasteiger charge is 2.23. The van der Waals surface area contributed by atoms with E-state index in [-0.39, 0.29) is 0 Å². The van der Waals surface area contributed by atoms with Crippen LogP contribution in [0.2, 0.25) is 0 Å². The van der Waals surface area contributed by atoms with Crippen LogP contribution in [0.1, 0.15) is 32.0 Å². The summed E-state index contributed by atoms with van der Waals surface area (Å²) in [5.41, 5.74) is 4.97. The predicted octanol–water partition coefficient (Wildman–Crippen LogP) is 6.15. The lowest BCUT2D eigenvalue weighted by Crippen LogP contribution is -2.27. The summed E-state index contributed by atoms with van der Waals surface area (Å²) in [4.78, 5) is 17.4. The fraction of sp³-hybridized carbons (Fsp3) is 0.143. The van der Waals surface area contributed by atoms with E-state index in [0.29, 0.717) is 28.1 Å². The third-order valence-corrected chi connectivity index (χ3v) is 5.59. The largest absolute Gasteiger partial charge is 0.443 e. The van der Waals surface area contributed by atoms with Gasteiger partial charge in [0.2, 0.25) is 0 Å². The number of ether oxygens (including phenoxy) is 1. The Morgan fingerprint density at radius 3 is 2.29 bits per heavy atom. The average Bonchev–Trinajstić information content (AvgIpc) is 3.43. The number of imidazole rings is 1. The van der Waals surface area contributed by atoms with E-state index in [1.165, 1.54) is 4.57 Å². The average molecular weight is 460 g/mol. The maximum Gasteiger partial charge on any atom is 0.419 e. The van der Waals surface area contributed by atoms with Gasteiger partial charge in [-0.1, -0.05) is 30.3 Å². The van der Waals surface area contributed by atoms with Gasteiger partial charge >= 0.3 is 6.09 Å². The quantitative estimate of drug-likeness (QED) is 0.315. The van der Waals surface area contributed by atoms with Crippen LogP contribution in [0, 0.1) is 22.7 Å². The summed E-state index contributed by atoms with van der Waals surface area (Å²) in [6, 6.07) is 23.1. The van der Waals surface area contributed by atoms with Gasteiger partial charge in [0.25, 0.3) is 0 Å². The lowest BCUT2D eigenvalue weighted by Gasteiger charge is -2.21. The first kappa shape index (κ1) is 21.9. The molecule has 0 spiro atoms. The number of carbonyl (C=O) groups is 1. The number of pyridine rings is 1. The summed E-state index contributed by atoms with van der Waals surface area (Å²) in [5.74, 6) is 0. The summed E-state index contributed by atoms with van der Waals surface area (Å²) in [5, 5.41) is 19.3. The first-order chi connectivity index (χ1) is 16.8. The van der Waals surface area contributed by atoms with Crippen LogP contribution in [0.15, 0.2) is 73.1 Å². The topological polar surface area (TPSA) is 96.1 Å². The Kier molecular flexibility index (Phi) is 5.12. The van der Waals surface area contributed by atoms with Crippen molar-refractivity contribution in [1.82, 2.24) is 14.0 Å². The lowest BCUT2D eigenvalue weighted by atomic mass is 10.0. The molecule has 7 heteroatoms. The van der Waals surface area contributed by atoms with E-state index in [1.54, 1.807) is 18.3 Å². The standard InChI is InChI=1S/C28H21N5O2/c1-28(2,3)35-27(34)33-24-12-18(14-29)4-5-21(24)13-25(33)20-8-6-19(7-9-20)22-10-11-26-31-23(15-30)17-32(26)16-22/h4-13,16-17H,1-3H3. The Bertz CT molecular complexity index is 1690. The molecule has 0 atom stereocenters. The van der Waals surface area contributed by atoms with Crippen molar-refractivity contribution in [3.63, 3.8) is 0 Å². The number of rotatable bonds is 2. The number of carbonyl (C=O) groups excluding carboxylic acids is 1. The van der Waals surface area contributed by atoms with Gasteiger partial charge in [-0.15, -0.1) is 0 Å². The van der Waals surface area contributed by atoms with Gasteiger partial charge < -0.3 is 9.14 Å². The summed E-state index contributed by atoms with van der Waals surface area (Å²) < 4.78 is 9.03. The van der Waals surface area contributed by atoms with Crippen LogP contribution in [-0.2, 0) is 4.74 Å². The zero-order valence-corrected chi connectivity index (χ0v) is 19.5. The van der Waals surface area contributed by atoms with Gasteiger partial charge in [-0.05, 0) is 67.8 Å². The predicted molar refractivity (Wildman–Crippen MR) is 133 cm³/mol. The molecule has 0 N–H and O–H groups in total. The molecule has 0 aliphatic carbocycles. The van der Waals surface area contributed by atoms with Crippen molar-refractivity contribution < 1.29 is 9.53 Å². The maximum absolute atomic E-state index is 13.2. The summed E-state index contributed by atoms with van der Waals surface area (Å²) in [6.07, 6.45) is 3.13. The van der Waals surface area contributed by atoms with Crippen molar-refractivity contribution in [2.75, 3.05) is 0 Å². The van der Waals surface area contributed by atoms with Crippen LogP contribution in [0.5, 0.6) is 0 Å². The number of hydrogen-bond donors (Lipinski definition) is 0. The molecular weight excluding hydrogens is 438 g/mol. The highest BCUT2D eigenvalue weighted by atomic mass is 16.6. The number of benzene rings is 2.